The van der Waals surface area contributed by atoms with Crippen molar-refractivity contribution in [3.8, 4) is 0 Å². The fourth-order valence-corrected chi connectivity index (χ4v) is 5.10. The van der Waals surface area contributed by atoms with Gasteiger partial charge in [0.2, 0.25) is 0 Å². The second kappa shape index (κ2) is 10.4. The minimum absolute atomic E-state index is 0.221. The van der Waals surface area contributed by atoms with Gasteiger partial charge in [-0.1, -0.05) is 12.1 Å². The summed E-state index contributed by atoms with van der Waals surface area (Å²) in [4.78, 5) is 31.9. The number of nitrogens with one attached hydrogen (secondary N) is 1. The number of benzene rings is 1. The Hall–Kier alpha value is -2.91. The number of ether oxygens (including phenoxy) is 1. The van der Waals surface area contributed by atoms with Crippen molar-refractivity contribution in [1.29, 1.82) is 0 Å². The summed E-state index contributed by atoms with van der Waals surface area (Å²) < 4.78 is 19.6. The first-order valence-electron chi connectivity index (χ1n) is 11.3. The number of piperazine rings is 1. The van der Waals surface area contributed by atoms with Crippen LogP contribution in [0.4, 0.5) is 14.9 Å². The maximum absolute atomic E-state index is 14.2. The van der Waals surface area contributed by atoms with E-state index in [9.17, 15) is 14.0 Å². The van der Waals surface area contributed by atoms with Crippen LogP contribution < -0.4 is 10.2 Å². The first-order chi connectivity index (χ1) is 16.0. The molecule has 9 heteroatoms. The van der Waals surface area contributed by atoms with Crippen LogP contribution >= 0.6 is 11.3 Å². The Bertz CT molecular complexity index is 1020. The Labute approximate surface area is 197 Å². The van der Waals surface area contributed by atoms with Gasteiger partial charge in [0.25, 0.3) is 0 Å². The molecule has 0 bridgehead atoms. The highest BCUT2D eigenvalue weighted by molar-refractivity contribution is 7.08. The molecule has 33 heavy (non-hydrogen) atoms. The molecule has 1 aromatic carbocycles. The van der Waals surface area contributed by atoms with E-state index in [2.05, 4.69) is 10.2 Å². The number of para-hydroxylation sites is 1. The lowest BCUT2D eigenvalue weighted by Gasteiger charge is -2.40. The van der Waals surface area contributed by atoms with Crippen LogP contribution in [0, 0.1) is 5.82 Å². The van der Waals surface area contributed by atoms with Crippen molar-refractivity contribution >= 4 is 29.0 Å². The van der Waals surface area contributed by atoms with E-state index < -0.39 is 12.0 Å². The van der Waals surface area contributed by atoms with Crippen molar-refractivity contribution in [2.24, 2.45) is 0 Å². The van der Waals surface area contributed by atoms with Gasteiger partial charge in [0.1, 0.15) is 5.82 Å². The second-order valence-corrected chi connectivity index (χ2v) is 8.76. The van der Waals surface area contributed by atoms with E-state index >= 15 is 0 Å². The number of amides is 2. The third-order valence-electron chi connectivity index (χ3n) is 6.07. The molecule has 2 aromatic rings. The van der Waals surface area contributed by atoms with E-state index in [0.29, 0.717) is 56.2 Å². The van der Waals surface area contributed by atoms with E-state index in [-0.39, 0.29) is 18.5 Å². The number of likely N-dealkylation sites (N-methyl/N-ethyl adjacent to an activating group) is 1. The summed E-state index contributed by atoms with van der Waals surface area (Å²) in [6.07, 6.45) is 0. The monoisotopic (exact) mass is 472 g/mol. The largest absolute Gasteiger partial charge is 0.463 e. The van der Waals surface area contributed by atoms with Crippen molar-refractivity contribution in [2.75, 3.05) is 50.8 Å². The van der Waals surface area contributed by atoms with Crippen molar-refractivity contribution in [3.63, 3.8) is 0 Å². The summed E-state index contributed by atoms with van der Waals surface area (Å²) in [6.45, 7) is 7.52. The number of hydrogen-bond acceptors (Lipinski definition) is 6. The topological polar surface area (TPSA) is 65.1 Å². The highest BCUT2D eigenvalue weighted by Crippen LogP contribution is 2.33. The van der Waals surface area contributed by atoms with E-state index in [4.69, 9.17) is 4.74 Å². The Morgan fingerprint density at radius 2 is 1.94 bits per heavy atom. The summed E-state index contributed by atoms with van der Waals surface area (Å²) in [5, 5.41) is 6.85. The fraction of sp³-hybridized carbons (Fsp3) is 0.417. The minimum Gasteiger partial charge on any atom is -0.463 e. The molecule has 1 fully saturated rings. The Kier molecular flexibility index (Phi) is 7.29. The number of halogens is 1. The van der Waals surface area contributed by atoms with Gasteiger partial charge in [-0.2, -0.15) is 11.3 Å². The average molecular weight is 473 g/mol. The van der Waals surface area contributed by atoms with Gasteiger partial charge in [-0.15, -0.1) is 0 Å². The molecular formula is C24H29FN4O3S. The molecular weight excluding hydrogens is 443 g/mol. The van der Waals surface area contributed by atoms with Crippen molar-refractivity contribution in [2.45, 2.75) is 19.9 Å². The first kappa shape index (κ1) is 23.3. The van der Waals surface area contributed by atoms with Gasteiger partial charge in [0.05, 0.1) is 23.9 Å². The summed E-state index contributed by atoms with van der Waals surface area (Å²) in [5.41, 5.74) is 2.63. The molecule has 1 N–H and O–H groups in total. The molecule has 1 atom stereocenters. The molecule has 4 rings (SSSR count). The molecule has 2 aliphatic rings. The predicted molar refractivity (Wildman–Crippen MR) is 127 cm³/mol. The molecule has 1 aromatic heterocycles. The number of hydrogen-bond donors (Lipinski definition) is 1. The molecule has 3 heterocycles. The highest BCUT2D eigenvalue weighted by Gasteiger charge is 2.38. The maximum Gasteiger partial charge on any atom is 0.338 e. The van der Waals surface area contributed by atoms with Gasteiger partial charge >= 0.3 is 12.0 Å². The Morgan fingerprint density at radius 3 is 2.58 bits per heavy atom. The summed E-state index contributed by atoms with van der Waals surface area (Å²) in [6, 6.07) is 7.95. The second-order valence-electron chi connectivity index (χ2n) is 7.98. The van der Waals surface area contributed by atoms with Crippen LogP contribution in [0.3, 0.4) is 0 Å². The van der Waals surface area contributed by atoms with Gasteiger partial charge in [-0.05, 0) is 48.4 Å². The van der Waals surface area contributed by atoms with Crippen molar-refractivity contribution in [1.82, 2.24) is 15.1 Å². The number of nitrogens with zero attached hydrogens (tertiary/aromatic N) is 3. The fourth-order valence-electron chi connectivity index (χ4n) is 4.41. The van der Waals surface area contributed by atoms with Crippen LogP contribution in [0.25, 0.3) is 0 Å². The number of thiophene rings is 1. The zero-order chi connectivity index (χ0) is 23.4. The van der Waals surface area contributed by atoms with Crippen LogP contribution in [-0.4, -0.2) is 67.7 Å². The van der Waals surface area contributed by atoms with Gasteiger partial charge in [0, 0.05) is 45.0 Å². The number of esters is 1. The summed E-state index contributed by atoms with van der Waals surface area (Å²) in [7, 11) is 0. The van der Waals surface area contributed by atoms with Crippen LogP contribution in [0.5, 0.6) is 0 Å². The smallest absolute Gasteiger partial charge is 0.338 e. The number of anilines is 1. The SMILES string of the molecule is CCOC(=O)C1=C(CN2CCN(c3ccccc3F)CC2)N(CC)C(=O)NC1c1ccsc1. The molecule has 1 saturated heterocycles. The maximum atomic E-state index is 14.2. The molecule has 0 aliphatic carbocycles. The Morgan fingerprint density at radius 1 is 1.18 bits per heavy atom. The average Bonchev–Trinajstić information content (AvgIpc) is 3.35. The minimum atomic E-state index is -0.541. The molecule has 2 amide bonds. The lowest BCUT2D eigenvalue weighted by atomic mass is 9.96. The van der Waals surface area contributed by atoms with Crippen LogP contribution in [0.2, 0.25) is 0 Å². The number of rotatable bonds is 7. The van der Waals surface area contributed by atoms with Gasteiger partial charge in [-0.25, -0.2) is 14.0 Å². The summed E-state index contributed by atoms with van der Waals surface area (Å²) >= 11 is 1.52. The third-order valence-corrected chi connectivity index (χ3v) is 6.77. The van der Waals surface area contributed by atoms with Crippen LogP contribution in [-0.2, 0) is 9.53 Å². The van der Waals surface area contributed by atoms with E-state index in [1.165, 1.54) is 17.4 Å². The molecule has 176 valence electrons. The van der Waals surface area contributed by atoms with Gasteiger partial charge in [0.15, 0.2) is 0 Å². The van der Waals surface area contributed by atoms with Crippen molar-refractivity contribution in [3.05, 3.63) is 63.7 Å². The quantitative estimate of drug-likeness (QED) is 0.624. The molecule has 2 aliphatic heterocycles. The zero-order valence-electron chi connectivity index (χ0n) is 18.9. The van der Waals surface area contributed by atoms with E-state index in [0.717, 1.165) is 5.56 Å². The highest BCUT2D eigenvalue weighted by atomic mass is 32.1. The Balaban J connectivity index is 1.60. The number of carbonyl (C=O) groups excluding carboxylic acids is 2. The normalized spacial score (nSPS) is 19.6. The standard InChI is InChI=1S/C24H29FN4O3S/c1-3-29-20(15-27-10-12-28(13-11-27)19-8-6-5-7-18(19)25)21(23(30)32-4-2)22(26-24(29)31)17-9-14-33-16-17/h5-9,14,16,22H,3-4,10-13,15H2,1-2H3,(H,26,31). The van der Waals surface area contributed by atoms with Crippen molar-refractivity contribution < 1.29 is 18.7 Å². The predicted octanol–water partition coefficient (Wildman–Crippen LogP) is 3.61. The lowest BCUT2D eigenvalue weighted by Crippen LogP contribution is -2.53. The van der Waals surface area contributed by atoms with Gasteiger partial charge in [-0.3, -0.25) is 9.80 Å². The summed E-state index contributed by atoms with van der Waals surface area (Å²) in [5.74, 6) is -0.634. The molecule has 0 radical (unpaired) electrons. The molecule has 7 nitrogen and oxygen atoms in total. The third kappa shape index (κ3) is 4.89. The number of carbonyl (C=O) groups is 2. The molecule has 0 spiro atoms. The molecule has 1 unspecified atom stereocenters. The lowest BCUT2D eigenvalue weighted by molar-refractivity contribution is -0.139. The first-order valence-corrected chi connectivity index (χ1v) is 12.2. The van der Waals surface area contributed by atoms with E-state index in [1.54, 1.807) is 24.0 Å². The van der Waals surface area contributed by atoms with E-state index in [1.807, 2.05) is 34.7 Å². The van der Waals surface area contributed by atoms with Crippen LogP contribution in [0.1, 0.15) is 25.5 Å². The van der Waals surface area contributed by atoms with Crippen LogP contribution in [0.15, 0.2) is 52.4 Å². The molecule has 0 saturated carbocycles. The number of urea groups is 1. The van der Waals surface area contributed by atoms with Gasteiger partial charge < -0.3 is 15.0 Å². The zero-order valence-corrected chi connectivity index (χ0v) is 19.7.